The Balaban J connectivity index is 2.16. The van der Waals surface area contributed by atoms with E-state index in [9.17, 15) is 0 Å². The Kier molecular flexibility index (Phi) is 2.42. The van der Waals surface area contributed by atoms with Crippen LogP contribution in [0.25, 0.3) is 14.8 Å². The molecule has 0 aliphatic rings. The second-order valence-corrected chi connectivity index (χ2v) is 5.61. The van der Waals surface area contributed by atoms with Crippen LogP contribution in [0.3, 0.4) is 0 Å². The number of nitrogens with zero attached hydrogens (tertiary/aromatic N) is 5. The molecule has 0 amide bonds. The summed E-state index contributed by atoms with van der Waals surface area (Å²) in [6, 6.07) is 0. The first-order valence-corrected chi connectivity index (χ1v) is 6.68. The van der Waals surface area contributed by atoms with Gasteiger partial charge in [0.25, 0.3) is 0 Å². The lowest BCUT2D eigenvalue weighted by atomic mass is 10.4. The third-order valence-corrected chi connectivity index (χ3v) is 4.59. The Hall–Kier alpha value is -1.38. The van der Waals surface area contributed by atoms with Crippen molar-refractivity contribution < 1.29 is 0 Å². The monoisotopic (exact) mass is 266 g/mol. The number of nitrogens with two attached hydrogens (primary N) is 1. The summed E-state index contributed by atoms with van der Waals surface area (Å²) in [5.74, 6) is 0.795. The van der Waals surface area contributed by atoms with E-state index in [1.54, 1.807) is 15.9 Å². The van der Waals surface area contributed by atoms with Crippen molar-refractivity contribution in [3.8, 4) is 9.88 Å². The molecule has 3 aromatic rings. The van der Waals surface area contributed by atoms with E-state index in [2.05, 4.69) is 20.3 Å². The third-order valence-electron chi connectivity index (χ3n) is 2.36. The zero-order chi connectivity index (χ0) is 12.0. The molecular weight excluding hydrogens is 256 g/mol. The molecule has 0 aliphatic carbocycles. The molecule has 6 nitrogen and oxygen atoms in total. The number of aromatic nitrogens is 5. The van der Waals surface area contributed by atoms with E-state index in [-0.39, 0.29) is 0 Å². The van der Waals surface area contributed by atoms with Crippen molar-refractivity contribution in [1.82, 2.24) is 24.8 Å². The third kappa shape index (κ3) is 1.65. The van der Waals surface area contributed by atoms with E-state index >= 15 is 0 Å². The first-order chi connectivity index (χ1) is 8.19. The summed E-state index contributed by atoms with van der Waals surface area (Å²) in [6.45, 7) is 4.32. The van der Waals surface area contributed by atoms with Crippen molar-refractivity contribution in [1.29, 1.82) is 0 Å². The molecule has 0 saturated carbocycles. The van der Waals surface area contributed by atoms with Gasteiger partial charge in [0.05, 0.1) is 10.6 Å². The number of hydrogen-bond donors (Lipinski definition) is 1. The molecule has 0 bridgehead atoms. The van der Waals surface area contributed by atoms with E-state index in [0.29, 0.717) is 6.54 Å². The molecular formula is C9H10N6S2. The lowest BCUT2D eigenvalue weighted by Gasteiger charge is -1.89. The first kappa shape index (κ1) is 10.8. The van der Waals surface area contributed by atoms with Gasteiger partial charge in [-0.2, -0.15) is 9.61 Å². The average molecular weight is 266 g/mol. The molecule has 17 heavy (non-hydrogen) atoms. The summed E-state index contributed by atoms with van der Waals surface area (Å²) in [5, 5.41) is 14.4. The molecule has 3 heterocycles. The van der Waals surface area contributed by atoms with Gasteiger partial charge in [-0.15, -0.1) is 21.5 Å². The van der Waals surface area contributed by atoms with Crippen molar-refractivity contribution in [2.24, 2.45) is 5.73 Å². The van der Waals surface area contributed by atoms with Crippen LogP contribution in [0.2, 0.25) is 0 Å². The number of thiazole rings is 1. The van der Waals surface area contributed by atoms with Gasteiger partial charge in [0, 0.05) is 6.54 Å². The maximum absolute atomic E-state index is 5.59. The molecule has 0 fully saturated rings. The van der Waals surface area contributed by atoms with Crippen LogP contribution in [0.5, 0.6) is 0 Å². The van der Waals surface area contributed by atoms with Crippen LogP contribution in [0.4, 0.5) is 0 Å². The fourth-order valence-corrected chi connectivity index (χ4v) is 3.49. The molecule has 0 spiro atoms. The fourth-order valence-electron chi connectivity index (χ4n) is 1.54. The van der Waals surface area contributed by atoms with Gasteiger partial charge in [0.1, 0.15) is 5.01 Å². The summed E-state index contributed by atoms with van der Waals surface area (Å²) in [7, 11) is 0. The molecule has 3 rings (SSSR count). The maximum Gasteiger partial charge on any atom is 0.234 e. The minimum absolute atomic E-state index is 0.467. The largest absolute Gasteiger partial charge is 0.325 e. The summed E-state index contributed by atoms with van der Waals surface area (Å²) < 4.78 is 1.75. The molecule has 0 aromatic carbocycles. The standard InChI is InChI=1S/C9H10N6S2/c1-4-7(16-6(3-10)11-4)8-14-15-5(2)12-13-9(15)17-8/h3,10H2,1-2H3. The Labute approximate surface area is 105 Å². The van der Waals surface area contributed by atoms with Gasteiger partial charge in [-0.1, -0.05) is 11.3 Å². The Morgan fingerprint density at radius 3 is 2.71 bits per heavy atom. The van der Waals surface area contributed by atoms with Crippen LogP contribution in [0.15, 0.2) is 0 Å². The highest BCUT2D eigenvalue weighted by molar-refractivity contribution is 7.24. The summed E-state index contributed by atoms with van der Waals surface area (Å²) >= 11 is 3.10. The molecule has 8 heteroatoms. The van der Waals surface area contributed by atoms with Crippen LogP contribution < -0.4 is 5.73 Å². The quantitative estimate of drug-likeness (QED) is 0.758. The van der Waals surface area contributed by atoms with Crippen LogP contribution in [0, 0.1) is 13.8 Å². The normalized spacial score (nSPS) is 11.5. The van der Waals surface area contributed by atoms with E-state index in [1.165, 1.54) is 11.3 Å². The zero-order valence-electron chi connectivity index (χ0n) is 9.34. The van der Waals surface area contributed by atoms with Gasteiger partial charge in [0.2, 0.25) is 4.96 Å². The van der Waals surface area contributed by atoms with Crippen molar-refractivity contribution in [3.05, 3.63) is 16.5 Å². The van der Waals surface area contributed by atoms with Gasteiger partial charge in [-0.05, 0) is 13.8 Å². The highest BCUT2D eigenvalue weighted by Crippen LogP contribution is 2.32. The first-order valence-electron chi connectivity index (χ1n) is 5.04. The maximum atomic E-state index is 5.59. The molecule has 2 N–H and O–H groups in total. The molecule has 0 aliphatic heterocycles. The Morgan fingerprint density at radius 2 is 2.06 bits per heavy atom. The average Bonchev–Trinajstić information content (AvgIpc) is 2.95. The van der Waals surface area contributed by atoms with Crippen molar-refractivity contribution in [2.75, 3.05) is 0 Å². The number of rotatable bonds is 2. The SMILES string of the molecule is Cc1nc(CN)sc1-c1nn2c(C)nnc2s1. The zero-order valence-corrected chi connectivity index (χ0v) is 11.0. The Bertz CT molecular complexity index is 679. The van der Waals surface area contributed by atoms with Gasteiger partial charge in [-0.3, -0.25) is 0 Å². The van der Waals surface area contributed by atoms with Crippen molar-refractivity contribution in [3.63, 3.8) is 0 Å². The topological polar surface area (TPSA) is 82.0 Å². The van der Waals surface area contributed by atoms with E-state index in [0.717, 1.165) is 31.4 Å². The predicted octanol–water partition coefficient (Wildman–Crippen LogP) is 1.38. The molecule has 0 radical (unpaired) electrons. The smallest absolute Gasteiger partial charge is 0.234 e. The van der Waals surface area contributed by atoms with Gasteiger partial charge in [-0.25, -0.2) is 4.98 Å². The van der Waals surface area contributed by atoms with Gasteiger partial charge >= 0.3 is 0 Å². The minimum atomic E-state index is 0.467. The predicted molar refractivity (Wildman–Crippen MR) is 67.1 cm³/mol. The number of hydrogen-bond acceptors (Lipinski definition) is 7. The summed E-state index contributed by atoms with van der Waals surface area (Å²) in [5.41, 5.74) is 6.56. The molecule has 0 atom stereocenters. The van der Waals surface area contributed by atoms with Gasteiger partial charge < -0.3 is 5.73 Å². The number of fused-ring (bicyclic) bond motifs is 1. The lowest BCUT2D eigenvalue weighted by molar-refractivity contribution is 0.898. The highest BCUT2D eigenvalue weighted by atomic mass is 32.1. The van der Waals surface area contributed by atoms with Crippen LogP contribution in [-0.4, -0.2) is 24.8 Å². The van der Waals surface area contributed by atoms with Crippen molar-refractivity contribution in [2.45, 2.75) is 20.4 Å². The van der Waals surface area contributed by atoms with E-state index in [4.69, 9.17) is 5.73 Å². The molecule has 3 aromatic heterocycles. The fraction of sp³-hybridized carbons (Fsp3) is 0.333. The van der Waals surface area contributed by atoms with Crippen LogP contribution in [0.1, 0.15) is 16.5 Å². The summed E-state index contributed by atoms with van der Waals surface area (Å²) in [4.78, 5) is 6.27. The second kappa shape index (κ2) is 3.83. The molecule has 88 valence electrons. The second-order valence-electron chi connectivity index (χ2n) is 3.58. The van der Waals surface area contributed by atoms with E-state index < -0.39 is 0 Å². The van der Waals surface area contributed by atoms with Crippen LogP contribution >= 0.6 is 22.7 Å². The van der Waals surface area contributed by atoms with Crippen molar-refractivity contribution >= 4 is 27.6 Å². The highest BCUT2D eigenvalue weighted by Gasteiger charge is 2.15. The van der Waals surface area contributed by atoms with E-state index in [1.807, 2.05) is 13.8 Å². The Morgan fingerprint density at radius 1 is 1.24 bits per heavy atom. The summed E-state index contributed by atoms with van der Waals surface area (Å²) in [6.07, 6.45) is 0. The minimum Gasteiger partial charge on any atom is -0.325 e. The van der Waals surface area contributed by atoms with Gasteiger partial charge in [0.15, 0.2) is 10.8 Å². The lowest BCUT2D eigenvalue weighted by Crippen LogP contribution is -1.94. The molecule has 0 unspecified atom stereocenters. The number of aryl methyl sites for hydroxylation is 2. The molecule has 0 saturated heterocycles. The van der Waals surface area contributed by atoms with Crippen LogP contribution in [-0.2, 0) is 6.54 Å².